The lowest BCUT2D eigenvalue weighted by Gasteiger charge is -2.21. The Kier molecular flexibility index (Phi) is 2.11. The lowest BCUT2D eigenvalue weighted by molar-refractivity contribution is 0.164. The van der Waals surface area contributed by atoms with E-state index in [0.717, 1.165) is 0 Å². The molecule has 4 heteroatoms. The number of hydrogen-bond donors (Lipinski definition) is 2. The molecule has 1 aliphatic rings. The molecule has 14 heavy (non-hydrogen) atoms. The molecule has 0 fully saturated rings. The third kappa shape index (κ3) is 1.23. The molecule has 76 valence electrons. The minimum absolute atomic E-state index is 0.0119. The summed E-state index contributed by atoms with van der Waals surface area (Å²) >= 11 is 0. The van der Waals surface area contributed by atoms with Gasteiger partial charge >= 0.3 is 0 Å². The summed E-state index contributed by atoms with van der Waals surface area (Å²) in [6.07, 6.45) is 0.550. The molecule has 0 radical (unpaired) electrons. The molecule has 0 unspecified atom stereocenters. The largest absolute Gasteiger partial charge is 0.507 e. The average molecular weight is 196 g/mol. The van der Waals surface area contributed by atoms with Crippen LogP contribution in [0.4, 0.5) is 0 Å². The average Bonchev–Trinajstić information content (AvgIpc) is 2.18. The summed E-state index contributed by atoms with van der Waals surface area (Å²) in [6.45, 7) is 2.72. The molecule has 0 saturated heterocycles. The van der Waals surface area contributed by atoms with Crippen LogP contribution in [0.25, 0.3) is 0 Å². The van der Waals surface area contributed by atoms with E-state index < -0.39 is 0 Å². The number of fused-ring (bicyclic) bond motifs is 1. The number of ether oxygens (including phenoxy) is 2. The summed E-state index contributed by atoms with van der Waals surface area (Å²) < 4.78 is 10.5. The normalized spacial score (nSPS) is 14.1. The topological polar surface area (TPSA) is 58.9 Å². The highest BCUT2D eigenvalue weighted by Crippen LogP contribution is 2.45. The predicted octanol–water partition coefficient (Wildman–Crippen LogP) is 1.43. The number of hydrogen-bond acceptors (Lipinski definition) is 4. The summed E-state index contributed by atoms with van der Waals surface area (Å²) in [6, 6.07) is 1.48. The van der Waals surface area contributed by atoms with Crippen LogP contribution in [0.1, 0.15) is 12.5 Å². The summed E-state index contributed by atoms with van der Waals surface area (Å²) in [5, 5.41) is 19.3. The predicted molar refractivity (Wildman–Crippen MR) is 50.1 cm³/mol. The quantitative estimate of drug-likeness (QED) is 0.713. The molecule has 0 amide bonds. The summed E-state index contributed by atoms with van der Waals surface area (Å²) in [4.78, 5) is 0. The molecular formula is C10H12O4. The first-order chi connectivity index (χ1) is 6.74. The molecule has 0 saturated carbocycles. The zero-order valence-corrected chi connectivity index (χ0v) is 7.91. The number of aromatic hydroxyl groups is 2. The molecule has 1 aromatic carbocycles. The second-order valence-electron chi connectivity index (χ2n) is 3.10. The van der Waals surface area contributed by atoms with E-state index in [-0.39, 0.29) is 11.5 Å². The molecule has 1 aromatic rings. The minimum Gasteiger partial charge on any atom is -0.507 e. The fraction of sp³-hybridized carbons (Fsp3) is 0.400. The molecule has 0 atom stereocenters. The molecule has 1 heterocycles. The Hall–Kier alpha value is -1.58. The van der Waals surface area contributed by atoms with Gasteiger partial charge in [-0.25, -0.2) is 0 Å². The highest BCUT2D eigenvalue weighted by atomic mass is 16.6. The van der Waals surface area contributed by atoms with E-state index in [9.17, 15) is 10.2 Å². The van der Waals surface area contributed by atoms with Crippen molar-refractivity contribution < 1.29 is 19.7 Å². The van der Waals surface area contributed by atoms with E-state index in [4.69, 9.17) is 9.47 Å². The highest BCUT2D eigenvalue weighted by Gasteiger charge is 2.21. The van der Waals surface area contributed by atoms with Gasteiger partial charge in [0.25, 0.3) is 0 Å². The molecule has 2 N–H and O–H groups in total. The van der Waals surface area contributed by atoms with Crippen LogP contribution in [0, 0.1) is 0 Å². The van der Waals surface area contributed by atoms with Crippen molar-refractivity contribution in [2.75, 3.05) is 13.2 Å². The van der Waals surface area contributed by atoms with Gasteiger partial charge in [-0.2, -0.15) is 0 Å². The Morgan fingerprint density at radius 1 is 1.29 bits per heavy atom. The maximum absolute atomic E-state index is 9.75. The van der Waals surface area contributed by atoms with Crippen molar-refractivity contribution in [3.63, 3.8) is 0 Å². The Bertz CT molecular complexity index is 360. The van der Waals surface area contributed by atoms with Crippen molar-refractivity contribution in [1.29, 1.82) is 0 Å². The first-order valence-corrected chi connectivity index (χ1v) is 4.57. The van der Waals surface area contributed by atoms with Crippen LogP contribution < -0.4 is 9.47 Å². The third-order valence-corrected chi connectivity index (χ3v) is 2.24. The molecular weight excluding hydrogens is 184 g/mol. The molecule has 1 aliphatic heterocycles. The molecule has 0 spiro atoms. The summed E-state index contributed by atoms with van der Waals surface area (Å²) in [7, 11) is 0. The van der Waals surface area contributed by atoms with E-state index >= 15 is 0 Å². The lowest BCUT2D eigenvalue weighted by atomic mass is 10.1. The SMILES string of the molecule is CCc1c(O)cc2c(c1O)OCCO2. The smallest absolute Gasteiger partial charge is 0.204 e. The van der Waals surface area contributed by atoms with Gasteiger partial charge in [0.1, 0.15) is 19.0 Å². The van der Waals surface area contributed by atoms with E-state index in [1.54, 1.807) is 0 Å². The molecule has 4 nitrogen and oxygen atoms in total. The maximum atomic E-state index is 9.75. The first kappa shape index (κ1) is 8.99. The van der Waals surface area contributed by atoms with Crippen LogP contribution in [0.5, 0.6) is 23.0 Å². The zero-order valence-electron chi connectivity index (χ0n) is 7.91. The van der Waals surface area contributed by atoms with Crippen LogP contribution >= 0.6 is 0 Å². The van der Waals surface area contributed by atoms with Gasteiger partial charge in [0.15, 0.2) is 11.5 Å². The number of benzene rings is 1. The van der Waals surface area contributed by atoms with Crippen LogP contribution in [-0.4, -0.2) is 23.4 Å². The van der Waals surface area contributed by atoms with Gasteiger partial charge in [-0.15, -0.1) is 0 Å². The van der Waals surface area contributed by atoms with Crippen LogP contribution in [0.3, 0.4) is 0 Å². The second kappa shape index (κ2) is 3.29. The van der Waals surface area contributed by atoms with Crippen LogP contribution in [0.2, 0.25) is 0 Å². The van der Waals surface area contributed by atoms with Crippen molar-refractivity contribution in [1.82, 2.24) is 0 Å². The first-order valence-electron chi connectivity index (χ1n) is 4.57. The summed E-state index contributed by atoms with van der Waals surface area (Å²) in [5.74, 6) is 0.783. The Morgan fingerprint density at radius 3 is 2.71 bits per heavy atom. The number of rotatable bonds is 1. The van der Waals surface area contributed by atoms with Gasteiger partial charge in [-0.05, 0) is 6.42 Å². The minimum atomic E-state index is -0.0119. The Morgan fingerprint density at radius 2 is 2.00 bits per heavy atom. The van der Waals surface area contributed by atoms with Gasteiger partial charge in [0.05, 0.1) is 0 Å². The highest BCUT2D eigenvalue weighted by molar-refractivity contribution is 5.60. The van der Waals surface area contributed by atoms with E-state index in [2.05, 4.69) is 0 Å². The molecule has 2 rings (SSSR count). The fourth-order valence-corrected chi connectivity index (χ4v) is 1.54. The van der Waals surface area contributed by atoms with Crippen molar-refractivity contribution in [2.24, 2.45) is 0 Å². The van der Waals surface area contributed by atoms with E-state index in [0.29, 0.717) is 36.7 Å². The zero-order chi connectivity index (χ0) is 10.1. The molecule has 0 aliphatic carbocycles. The van der Waals surface area contributed by atoms with E-state index in [1.807, 2.05) is 6.92 Å². The van der Waals surface area contributed by atoms with Gasteiger partial charge in [-0.1, -0.05) is 6.92 Å². The number of phenolic OH excluding ortho intramolecular Hbond substituents is 2. The van der Waals surface area contributed by atoms with Crippen molar-refractivity contribution in [3.8, 4) is 23.0 Å². The van der Waals surface area contributed by atoms with Crippen molar-refractivity contribution >= 4 is 0 Å². The standard InChI is InChI=1S/C10H12O4/c1-2-6-7(11)5-8-10(9(6)12)14-4-3-13-8/h5,11-12H,2-4H2,1H3. The third-order valence-electron chi connectivity index (χ3n) is 2.24. The maximum Gasteiger partial charge on any atom is 0.204 e. The van der Waals surface area contributed by atoms with Crippen molar-refractivity contribution in [2.45, 2.75) is 13.3 Å². The lowest BCUT2D eigenvalue weighted by Crippen LogP contribution is -2.15. The van der Waals surface area contributed by atoms with Crippen LogP contribution in [-0.2, 0) is 6.42 Å². The Balaban J connectivity index is 2.57. The summed E-state index contributed by atoms with van der Waals surface area (Å²) in [5.41, 5.74) is 0.495. The van der Waals surface area contributed by atoms with Gasteiger partial charge < -0.3 is 19.7 Å². The van der Waals surface area contributed by atoms with E-state index in [1.165, 1.54) is 6.07 Å². The monoisotopic (exact) mass is 196 g/mol. The number of phenols is 2. The Labute approximate surface area is 81.7 Å². The molecule has 0 bridgehead atoms. The fourth-order valence-electron chi connectivity index (χ4n) is 1.54. The van der Waals surface area contributed by atoms with Gasteiger partial charge in [0.2, 0.25) is 5.75 Å². The van der Waals surface area contributed by atoms with Gasteiger partial charge in [0, 0.05) is 11.6 Å². The second-order valence-corrected chi connectivity index (χ2v) is 3.10. The van der Waals surface area contributed by atoms with Crippen molar-refractivity contribution in [3.05, 3.63) is 11.6 Å². The molecule has 0 aromatic heterocycles. The van der Waals surface area contributed by atoms with Crippen LogP contribution in [0.15, 0.2) is 6.07 Å². The van der Waals surface area contributed by atoms with Gasteiger partial charge in [-0.3, -0.25) is 0 Å².